The van der Waals surface area contributed by atoms with Crippen molar-refractivity contribution in [2.24, 2.45) is 10.7 Å². The van der Waals surface area contributed by atoms with E-state index in [0.717, 1.165) is 0 Å². The summed E-state index contributed by atoms with van der Waals surface area (Å²) in [5, 5.41) is 3.00. The lowest BCUT2D eigenvalue weighted by atomic mass is 10.2. The van der Waals surface area contributed by atoms with Crippen molar-refractivity contribution in [3.63, 3.8) is 0 Å². The van der Waals surface area contributed by atoms with Gasteiger partial charge in [-0.25, -0.2) is 9.79 Å². The second kappa shape index (κ2) is 6.81. The van der Waals surface area contributed by atoms with Crippen LogP contribution in [0.4, 0.5) is 16.2 Å². The zero-order valence-electron chi connectivity index (χ0n) is 11.5. The van der Waals surface area contributed by atoms with Crippen LogP contribution in [0.25, 0.3) is 0 Å². The lowest BCUT2D eigenvalue weighted by Gasteiger charge is -2.19. The molecule has 1 aromatic rings. The van der Waals surface area contributed by atoms with Crippen LogP contribution in [0.15, 0.2) is 23.2 Å². The largest absolute Gasteiger partial charge is 0.444 e. The average molecular weight is 318 g/mol. The van der Waals surface area contributed by atoms with Gasteiger partial charge in [-0.3, -0.25) is 5.32 Å². The first-order valence-electron chi connectivity index (χ1n) is 5.90. The zero-order valence-corrected chi connectivity index (χ0v) is 13.0. The van der Waals surface area contributed by atoms with Gasteiger partial charge in [0.25, 0.3) is 0 Å². The lowest BCUT2D eigenvalue weighted by Crippen LogP contribution is -2.27. The zero-order chi connectivity index (χ0) is 15.3. The van der Waals surface area contributed by atoms with Gasteiger partial charge in [-0.2, -0.15) is 0 Å². The Balaban J connectivity index is 2.88. The van der Waals surface area contributed by atoms with Crippen LogP contribution in [0.1, 0.15) is 20.8 Å². The first-order valence-corrected chi connectivity index (χ1v) is 6.81. The maximum atomic E-state index is 11.7. The van der Waals surface area contributed by atoms with Gasteiger partial charge in [-0.05, 0) is 39.0 Å². The molecule has 20 heavy (non-hydrogen) atoms. The summed E-state index contributed by atoms with van der Waals surface area (Å²) in [4.78, 5) is 15.7. The number of ether oxygens (including phenoxy) is 1. The van der Waals surface area contributed by atoms with E-state index in [2.05, 4.69) is 10.3 Å². The minimum Gasteiger partial charge on any atom is -0.444 e. The number of nitrogens with zero attached hydrogens (tertiary/aromatic N) is 1. The number of carbonyl (C=O) groups is 1. The molecule has 0 unspecified atom stereocenters. The molecule has 3 N–H and O–H groups in total. The van der Waals surface area contributed by atoms with Gasteiger partial charge in [-0.15, -0.1) is 11.6 Å². The number of halogens is 2. The van der Waals surface area contributed by atoms with Crippen molar-refractivity contribution >= 4 is 46.5 Å². The van der Waals surface area contributed by atoms with Crippen molar-refractivity contribution in [2.45, 2.75) is 26.4 Å². The molecule has 0 aliphatic heterocycles. The number of carbonyl (C=O) groups excluding carboxylic acids is 1. The number of hydrogen-bond acceptors (Lipinski definition) is 3. The normalized spacial score (nSPS) is 12.2. The van der Waals surface area contributed by atoms with Crippen LogP contribution in [0, 0.1) is 0 Å². The molecule has 0 saturated heterocycles. The van der Waals surface area contributed by atoms with Crippen molar-refractivity contribution < 1.29 is 9.53 Å². The number of benzene rings is 1. The van der Waals surface area contributed by atoms with E-state index in [0.29, 0.717) is 16.4 Å². The predicted molar refractivity (Wildman–Crippen MR) is 83.3 cm³/mol. The Morgan fingerprint density at radius 2 is 2.10 bits per heavy atom. The second-order valence-electron chi connectivity index (χ2n) is 5.03. The summed E-state index contributed by atoms with van der Waals surface area (Å²) >= 11 is 11.6. The summed E-state index contributed by atoms with van der Waals surface area (Å²) in [5.41, 5.74) is 5.92. The molecule has 0 aliphatic rings. The highest BCUT2D eigenvalue weighted by molar-refractivity contribution is 6.33. The van der Waals surface area contributed by atoms with Crippen LogP contribution in [-0.2, 0) is 4.74 Å². The third-order valence-electron chi connectivity index (χ3n) is 1.99. The Hall–Kier alpha value is -1.46. The molecule has 0 aromatic heterocycles. The second-order valence-corrected chi connectivity index (χ2v) is 5.70. The Morgan fingerprint density at radius 1 is 1.45 bits per heavy atom. The number of nitrogens with two attached hydrogens (primary N) is 1. The number of alkyl halides is 1. The molecule has 1 aromatic carbocycles. The fourth-order valence-corrected chi connectivity index (χ4v) is 1.50. The van der Waals surface area contributed by atoms with Crippen LogP contribution in [-0.4, -0.2) is 23.4 Å². The molecule has 0 saturated carbocycles. The van der Waals surface area contributed by atoms with Crippen LogP contribution >= 0.6 is 23.2 Å². The van der Waals surface area contributed by atoms with Crippen LogP contribution in [0.3, 0.4) is 0 Å². The molecule has 7 heteroatoms. The van der Waals surface area contributed by atoms with Crippen LogP contribution in [0.5, 0.6) is 0 Å². The fourth-order valence-electron chi connectivity index (χ4n) is 1.28. The molecular formula is C13H17Cl2N3O2. The number of anilines is 1. The van der Waals surface area contributed by atoms with Gasteiger partial charge in [0.15, 0.2) is 0 Å². The number of nitrogens with one attached hydrogen (secondary N) is 1. The third kappa shape index (κ3) is 5.67. The molecule has 110 valence electrons. The van der Waals surface area contributed by atoms with Gasteiger partial charge in [0, 0.05) is 5.69 Å². The van der Waals surface area contributed by atoms with E-state index < -0.39 is 11.7 Å². The summed E-state index contributed by atoms with van der Waals surface area (Å²) in [6.45, 7) is 5.35. The molecule has 0 aliphatic carbocycles. The highest BCUT2D eigenvalue weighted by Gasteiger charge is 2.16. The van der Waals surface area contributed by atoms with E-state index in [1.54, 1.807) is 39.0 Å². The Bertz CT molecular complexity index is 525. The Labute approximate surface area is 128 Å². The van der Waals surface area contributed by atoms with E-state index in [9.17, 15) is 4.79 Å². The SMILES string of the molecule is CC(C)(C)OC(=O)Nc1ccc(Cl)c(N=C(N)CCl)c1. The van der Waals surface area contributed by atoms with Crippen molar-refractivity contribution in [1.82, 2.24) is 0 Å². The maximum absolute atomic E-state index is 11.7. The number of amidine groups is 1. The number of amides is 1. The van der Waals surface area contributed by atoms with Gasteiger partial charge >= 0.3 is 6.09 Å². The fraction of sp³-hybridized carbons (Fsp3) is 0.385. The molecule has 0 radical (unpaired) electrons. The van der Waals surface area contributed by atoms with E-state index in [1.165, 1.54) is 0 Å². The van der Waals surface area contributed by atoms with Gasteiger partial charge in [-0.1, -0.05) is 11.6 Å². The van der Waals surface area contributed by atoms with E-state index in [-0.39, 0.29) is 11.7 Å². The molecule has 0 fully saturated rings. The maximum Gasteiger partial charge on any atom is 0.412 e. The molecule has 1 rings (SSSR count). The lowest BCUT2D eigenvalue weighted by molar-refractivity contribution is 0.0636. The molecule has 5 nitrogen and oxygen atoms in total. The topological polar surface area (TPSA) is 76.7 Å². The predicted octanol–water partition coefficient (Wildman–Crippen LogP) is 3.91. The molecule has 0 spiro atoms. The van der Waals surface area contributed by atoms with Gasteiger partial charge in [0.05, 0.1) is 16.6 Å². The standard InChI is InChI=1S/C13H17Cl2N3O2/c1-13(2,3)20-12(19)17-8-4-5-9(15)10(6-8)18-11(16)7-14/h4-6H,7H2,1-3H3,(H2,16,18)(H,17,19). The monoisotopic (exact) mass is 317 g/mol. The number of rotatable bonds is 3. The smallest absolute Gasteiger partial charge is 0.412 e. The van der Waals surface area contributed by atoms with Crippen molar-refractivity contribution in [3.8, 4) is 0 Å². The van der Waals surface area contributed by atoms with Crippen molar-refractivity contribution in [2.75, 3.05) is 11.2 Å². The first kappa shape index (κ1) is 16.6. The average Bonchev–Trinajstić information content (AvgIpc) is 2.30. The van der Waals surface area contributed by atoms with Gasteiger partial charge in [0.2, 0.25) is 0 Å². The highest BCUT2D eigenvalue weighted by Crippen LogP contribution is 2.28. The molecule has 1 amide bonds. The molecular weight excluding hydrogens is 301 g/mol. The quantitative estimate of drug-likeness (QED) is 0.504. The van der Waals surface area contributed by atoms with Crippen LogP contribution in [0.2, 0.25) is 5.02 Å². The number of hydrogen-bond donors (Lipinski definition) is 2. The number of aliphatic imine (C=N–C) groups is 1. The Morgan fingerprint density at radius 3 is 2.65 bits per heavy atom. The highest BCUT2D eigenvalue weighted by atomic mass is 35.5. The van der Waals surface area contributed by atoms with Crippen molar-refractivity contribution in [1.29, 1.82) is 0 Å². The van der Waals surface area contributed by atoms with Gasteiger partial charge < -0.3 is 10.5 Å². The Kier molecular flexibility index (Phi) is 5.65. The minimum atomic E-state index is -0.569. The minimum absolute atomic E-state index is 0.0973. The summed E-state index contributed by atoms with van der Waals surface area (Å²) in [5.74, 6) is 0.336. The first-order chi connectivity index (χ1) is 9.21. The van der Waals surface area contributed by atoms with E-state index >= 15 is 0 Å². The third-order valence-corrected chi connectivity index (χ3v) is 2.59. The van der Waals surface area contributed by atoms with Gasteiger partial charge in [0.1, 0.15) is 11.4 Å². The summed E-state index contributed by atoms with van der Waals surface area (Å²) in [7, 11) is 0. The molecule has 0 heterocycles. The summed E-state index contributed by atoms with van der Waals surface area (Å²) in [6, 6.07) is 4.84. The summed E-state index contributed by atoms with van der Waals surface area (Å²) < 4.78 is 5.15. The van der Waals surface area contributed by atoms with Crippen molar-refractivity contribution in [3.05, 3.63) is 23.2 Å². The van der Waals surface area contributed by atoms with E-state index in [4.69, 9.17) is 33.7 Å². The molecule has 0 atom stereocenters. The van der Waals surface area contributed by atoms with Crippen LogP contribution < -0.4 is 11.1 Å². The summed E-state index contributed by atoms with van der Waals surface area (Å²) in [6.07, 6.45) is -0.555. The van der Waals surface area contributed by atoms with E-state index in [1.807, 2.05) is 0 Å². The molecule has 0 bridgehead atoms.